The second-order valence-corrected chi connectivity index (χ2v) is 3.54. The van der Waals surface area contributed by atoms with Crippen molar-refractivity contribution in [3.05, 3.63) is 33.9 Å². The van der Waals surface area contributed by atoms with Crippen LogP contribution in [-0.4, -0.2) is 17.5 Å². The summed E-state index contributed by atoms with van der Waals surface area (Å²) in [7, 11) is 0. The van der Waals surface area contributed by atoms with Crippen LogP contribution in [0.2, 0.25) is 0 Å². The Bertz CT molecular complexity index is 366. The molecule has 0 saturated carbocycles. The number of hydrogen-bond donors (Lipinski definition) is 2. The van der Waals surface area contributed by atoms with E-state index in [4.69, 9.17) is 5.73 Å². The Hall–Kier alpha value is -1.62. The van der Waals surface area contributed by atoms with Crippen LogP contribution in [0.1, 0.15) is 12.5 Å². The molecule has 0 heterocycles. The van der Waals surface area contributed by atoms with E-state index in [1.165, 1.54) is 6.07 Å². The Kier molecular flexibility index (Phi) is 3.62. The highest BCUT2D eigenvalue weighted by atomic mass is 16.6. The Morgan fingerprint density at radius 1 is 1.60 bits per heavy atom. The van der Waals surface area contributed by atoms with Crippen LogP contribution in [0.4, 0.5) is 11.4 Å². The molecule has 0 aliphatic rings. The number of anilines is 1. The molecule has 0 aromatic heterocycles. The minimum absolute atomic E-state index is 0.104. The summed E-state index contributed by atoms with van der Waals surface area (Å²) in [6.07, 6.45) is 0. The molecule has 1 rings (SSSR count). The molecule has 15 heavy (non-hydrogen) atoms. The minimum Gasteiger partial charge on any atom is -0.381 e. The second kappa shape index (κ2) is 4.75. The number of nitrogens with zero attached hydrogens (tertiary/aromatic N) is 1. The molecule has 0 saturated heterocycles. The number of nitrogens with one attached hydrogen (secondary N) is 1. The van der Waals surface area contributed by atoms with Crippen LogP contribution in [0, 0.1) is 17.0 Å². The van der Waals surface area contributed by atoms with Gasteiger partial charge in [-0.1, -0.05) is 6.07 Å². The fraction of sp³-hybridized carbons (Fsp3) is 0.400. The first kappa shape index (κ1) is 11.5. The predicted molar refractivity (Wildman–Crippen MR) is 60.0 cm³/mol. The molecule has 0 amide bonds. The Balaban J connectivity index is 2.92. The van der Waals surface area contributed by atoms with Crippen molar-refractivity contribution in [1.29, 1.82) is 0 Å². The predicted octanol–water partition coefficient (Wildman–Crippen LogP) is 1.66. The molecule has 0 radical (unpaired) electrons. The summed E-state index contributed by atoms with van der Waals surface area (Å²) in [5, 5.41) is 13.8. The normalized spacial score (nSPS) is 12.2. The second-order valence-electron chi connectivity index (χ2n) is 3.54. The molecule has 1 aromatic carbocycles. The van der Waals surface area contributed by atoms with Crippen LogP contribution < -0.4 is 11.1 Å². The number of nitro groups is 1. The van der Waals surface area contributed by atoms with Crippen LogP contribution in [0.5, 0.6) is 0 Å². The summed E-state index contributed by atoms with van der Waals surface area (Å²) < 4.78 is 0. The quantitative estimate of drug-likeness (QED) is 0.583. The number of hydrogen-bond acceptors (Lipinski definition) is 4. The molecular formula is C10H15N3O2. The molecule has 1 atom stereocenters. The van der Waals surface area contributed by atoms with Crippen molar-refractivity contribution in [3.8, 4) is 0 Å². The van der Waals surface area contributed by atoms with Crippen molar-refractivity contribution in [3.63, 3.8) is 0 Å². The van der Waals surface area contributed by atoms with Gasteiger partial charge in [-0.2, -0.15) is 0 Å². The molecule has 0 spiro atoms. The lowest BCUT2D eigenvalue weighted by Crippen LogP contribution is -2.25. The van der Waals surface area contributed by atoms with Crippen LogP contribution >= 0.6 is 0 Å². The van der Waals surface area contributed by atoms with Crippen LogP contribution in [0.25, 0.3) is 0 Å². The summed E-state index contributed by atoms with van der Waals surface area (Å²) in [5.41, 5.74) is 6.97. The Labute approximate surface area is 88.4 Å². The number of aryl methyl sites for hydroxylation is 1. The van der Waals surface area contributed by atoms with E-state index in [-0.39, 0.29) is 16.7 Å². The van der Waals surface area contributed by atoms with Gasteiger partial charge >= 0.3 is 0 Å². The van der Waals surface area contributed by atoms with E-state index < -0.39 is 0 Å². The van der Waals surface area contributed by atoms with E-state index in [1.807, 2.05) is 13.0 Å². The number of nitrogens with two attached hydrogens (primary N) is 1. The van der Waals surface area contributed by atoms with E-state index in [1.54, 1.807) is 13.0 Å². The van der Waals surface area contributed by atoms with Gasteiger partial charge in [0.25, 0.3) is 5.69 Å². The summed E-state index contributed by atoms with van der Waals surface area (Å²) in [6.45, 7) is 4.13. The molecule has 5 nitrogen and oxygen atoms in total. The van der Waals surface area contributed by atoms with E-state index in [0.29, 0.717) is 12.1 Å². The molecule has 0 aliphatic carbocycles. The highest BCUT2D eigenvalue weighted by molar-refractivity contribution is 5.55. The fourth-order valence-corrected chi connectivity index (χ4v) is 1.24. The SMILES string of the molecule is Cc1ccc(NC(C)CN)cc1[N+](=O)[O-]. The summed E-state index contributed by atoms with van der Waals surface area (Å²) in [5.74, 6) is 0. The van der Waals surface area contributed by atoms with Crippen molar-refractivity contribution in [1.82, 2.24) is 0 Å². The third kappa shape index (κ3) is 2.92. The molecule has 3 N–H and O–H groups in total. The highest BCUT2D eigenvalue weighted by Crippen LogP contribution is 2.22. The van der Waals surface area contributed by atoms with Gasteiger partial charge in [-0.25, -0.2) is 0 Å². The molecule has 5 heteroatoms. The third-order valence-electron chi connectivity index (χ3n) is 2.17. The van der Waals surface area contributed by atoms with Gasteiger partial charge in [-0.05, 0) is 19.9 Å². The van der Waals surface area contributed by atoms with Crippen molar-refractivity contribution in [2.75, 3.05) is 11.9 Å². The molecule has 1 unspecified atom stereocenters. The van der Waals surface area contributed by atoms with E-state index >= 15 is 0 Å². The van der Waals surface area contributed by atoms with E-state index in [2.05, 4.69) is 5.32 Å². The zero-order valence-electron chi connectivity index (χ0n) is 8.86. The van der Waals surface area contributed by atoms with Gasteiger partial charge in [0, 0.05) is 29.9 Å². The zero-order valence-corrected chi connectivity index (χ0v) is 8.86. The molecule has 1 aromatic rings. The molecular weight excluding hydrogens is 194 g/mol. The van der Waals surface area contributed by atoms with Crippen molar-refractivity contribution >= 4 is 11.4 Å². The van der Waals surface area contributed by atoms with Gasteiger partial charge in [-0.3, -0.25) is 10.1 Å². The lowest BCUT2D eigenvalue weighted by Gasteiger charge is -2.12. The van der Waals surface area contributed by atoms with Gasteiger partial charge < -0.3 is 11.1 Å². The maximum Gasteiger partial charge on any atom is 0.274 e. The summed E-state index contributed by atoms with van der Waals surface area (Å²) in [4.78, 5) is 10.3. The lowest BCUT2D eigenvalue weighted by molar-refractivity contribution is -0.385. The maximum atomic E-state index is 10.7. The van der Waals surface area contributed by atoms with E-state index in [9.17, 15) is 10.1 Å². The van der Waals surface area contributed by atoms with Gasteiger partial charge in [0.2, 0.25) is 0 Å². The molecule has 0 aliphatic heterocycles. The van der Waals surface area contributed by atoms with Gasteiger partial charge in [0.15, 0.2) is 0 Å². The lowest BCUT2D eigenvalue weighted by atomic mass is 10.1. The van der Waals surface area contributed by atoms with Crippen molar-refractivity contribution in [2.45, 2.75) is 19.9 Å². The first-order valence-electron chi connectivity index (χ1n) is 4.76. The van der Waals surface area contributed by atoms with Gasteiger partial charge in [0.05, 0.1) is 4.92 Å². The number of rotatable bonds is 4. The van der Waals surface area contributed by atoms with Gasteiger partial charge in [-0.15, -0.1) is 0 Å². The highest BCUT2D eigenvalue weighted by Gasteiger charge is 2.11. The monoisotopic (exact) mass is 209 g/mol. The topological polar surface area (TPSA) is 81.2 Å². The summed E-state index contributed by atoms with van der Waals surface area (Å²) in [6, 6.07) is 5.17. The maximum absolute atomic E-state index is 10.7. The van der Waals surface area contributed by atoms with Crippen molar-refractivity contribution in [2.24, 2.45) is 5.73 Å². The first-order chi connectivity index (χ1) is 7.04. The average molecular weight is 209 g/mol. The van der Waals surface area contributed by atoms with Crippen LogP contribution in [-0.2, 0) is 0 Å². The Morgan fingerprint density at radius 2 is 2.27 bits per heavy atom. The Morgan fingerprint density at radius 3 is 2.80 bits per heavy atom. The van der Waals surface area contributed by atoms with Crippen LogP contribution in [0.15, 0.2) is 18.2 Å². The summed E-state index contributed by atoms with van der Waals surface area (Å²) >= 11 is 0. The third-order valence-corrected chi connectivity index (χ3v) is 2.17. The average Bonchev–Trinajstić information content (AvgIpc) is 2.20. The van der Waals surface area contributed by atoms with Crippen molar-refractivity contribution < 1.29 is 4.92 Å². The van der Waals surface area contributed by atoms with E-state index in [0.717, 1.165) is 5.69 Å². The smallest absolute Gasteiger partial charge is 0.274 e. The molecule has 0 fully saturated rings. The van der Waals surface area contributed by atoms with Crippen LogP contribution in [0.3, 0.4) is 0 Å². The minimum atomic E-state index is -0.381. The van der Waals surface area contributed by atoms with Gasteiger partial charge in [0.1, 0.15) is 0 Å². The molecule has 0 bridgehead atoms. The fourth-order valence-electron chi connectivity index (χ4n) is 1.24. The largest absolute Gasteiger partial charge is 0.381 e. The first-order valence-corrected chi connectivity index (χ1v) is 4.76. The zero-order chi connectivity index (χ0) is 11.4. The standard InChI is InChI=1S/C10H15N3O2/c1-7-3-4-9(12-8(2)6-11)5-10(7)13(14)15/h3-5,8,12H,6,11H2,1-2H3. The molecule has 82 valence electrons. The number of benzene rings is 1. The number of nitro benzene ring substituents is 1.